The molecule has 194 valence electrons. The van der Waals surface area contributed by atoms with Crippen LogP contribution in [0.2, 0.25) is 0 Å². The maximum absolute atomic E-state index is 13.9. The van der Waals surface area contributed by atoms with E-state index in [1.807, 2.05) is 6.07 Å². The molecule has 0 aliphatic carbocycles. The molecule has 3 aromatic carbocycles. The van der Waals surface area contributed by atoms with Gasteiger partial charge in [-0.25, -0.2) is 0 Å². The highest BCUT2D eigenvalue weighted by atomic mass is 31.2. The van der Waals surface area contributed by atoms with Gasteiger partial charge in [-0.1, -0.05) is 18.2 Å². The second-order valence-corrected chi connectivity index (χ2v) is 10.8. The lowest BCUT2D eigenvalue weighted by Gasteiger charge is -2.22. The Morgan fingerprint density at radius 3 is 1.31 bits per heavy atom. The smallest absolute Gasteiger partial charge is 0.240 e. The Hall–Kier alpha value is -2.75. The molecule has 10 heteroatoms. The monoisotopic (exact) mass is 516 g/mol. The Morgan fingerprint density at radius 2 is 0.972 bits per heavy atom. The molecule has 0 aromatic heterocycles. The molecule has 0 spiro atoms. The van der Waals surface area contributed by atoms with Gasteiger partial charge in [0, 0.05) is 40.6 Å². The standard InChI is InChI=1S/C26H33N2O7P/c29-14-20-10-18(11-21(15-30)25(20)33)6-8-27-36(35,24-4-2-1-3-5-24)28-9-7-19-12-22(16-31)26(34)23(13-19)17-32/h1-5,10-13,29-34H,6-9,14-17H2,(H2,27,28,35). The van der Waals surface area contributed by atoms with E-state index in [0.717, 1.165) is 11.1 Å². The van der Waals surface area contributed by atoms with Gasteiger partial charge in [0.2, 0.25) is 7.44 Å². The van der Waals surface area contributed by atoms with Crippen LogP contribution in [0.15, 0.2) is 54.6 Å². The van der Waals surface area contributed by atoms with E-state index in [4.69, 9.17) is 0 Å². The van der Waals surface area contributed by atoms with Gasteiger partial charge in [0.05, 0.1) is 26.4 Å². The van der Waals surface area contributed by atoms with E-state index in [2.05, 4.69) is 10.2 Å². The minimum atomic E-state index is -3.24. The highest BCUT2D eigenvalue weighted by molar-refractivity contribution is 7.67. The number of nitrogens with one attached hydrogen (secondary N) is 2. The first-order valence-electron chi connectivity index (χ1n) is 11.6. The van der Waals surface area contributed by atoms with Gasteiger partial charge in [-0.3, -0.25) is 14.7 Å². The van der Waals surface area contributed by atoms with E-state index in [1.165, 1.54) is 0 Å². The van der Waals surface area contributed by atoms with E-state index in [-0.39, 0.29) is 37.9 Å². The third-order valence-electron chi connectivity index (χ3n) is 5.95. The van der Waals surface area contributed by atoms with Crippen LogP contribution in [-0.4, -0.2) is 43.7 Å². The molecule has 0 heterocycles. The van der Waals surface area contributed by atoms with Gasteiger partial charge in [-0.05, 0) is 60.4 Å². The number of hydrogen-bond donors (Lipinski definition) is 8. The van der Waals surface area contributed by atoms with Crippen molar-refractivity contribution in [3.63, 3.8) is 0 Å². The average Bonchev–Trinajstić information content (AvgIpc) is 2.90. The predicted octanol–water partition coefficient (Wildman–Crippen LogP) is 1.55. The van der Waals surface area contributed by atoms with Crippen molar-refractivity contribution in [3.05, 3.63) is 88.0 Å². The fourth-order valence-electron chi connectivity index (χ4n) is 4.03. The van der Waals surface area contributed by atoms with E-state index in [1.54, 1.807) is 48.5 Å². The molecule has 0 fully saturated rings. The van der Waals surface area contributed by atoms with Crippen LogP contribution < -0.4 is 15.5 Å². The number of aromatic hydroxyl groups is 2. The number of rotatable bonds is 13. The summed E-state index contributed by atoms with van der Waals surface area (Å²) in [5.41, 5.74) is 2.81. The van der Waals surface area contributed by atoms with Gasteiger partial charge in [0.25, 0.3) is 0 Å². The number of phenols is 2. The Kier molecular flexibility index (Phi) is 10.0. The van der Waals surface area contributed by atoms with Crippen LogP contribution in [0.3, 0.4) is 0 Å². The van der Waals surface area contributed by atoms with Gasteiger partial charge in [0.1, 0.15) is 11.5 Å². The summed E-state index contributed by atoms with van der Waals surface area (Å²) in [5.74, 6) is -0.257. The third kappa shape index (κ3) is 6.72. The van der Waals surface area contributed by atoms with E-state index >= 15 is 0 Å². The third-order valence-corrected chi connectivity index (χ3v) is 8.32. The molecule has 0 bridgehead atoms. The van der Waals surface area contributed by atoms with Gasteiger partial charge in [-0.2, -0.15) is 0 Å². The second-order valence-electron chi connectivity index (χ2n) is 8.42. The van der Waals surface area contributed by atoms with Gasteiger partial charge < -0.3 is 30.6 Å². The van der Waals surface area contributed by atoms with Crippen LogP contribution in [0.1, 0.15) is 33.4 Å². The van der Waals surface area contributed by atoms with Crippen molar-refractivity contribution in [1.82, 2.24) is 10.2 Å². The van der Waals surface area contributed by atoms with Crippen LogP contribution in [-0.2, 0) is 43.8 Å². The van der Waals surface area contributed by atoms with Crippen LogP contribution >= 0.6 is 7.44 Å². The highest BCUT2D eigenvalue weighted by Gasteiger charge is 2.23. The van der Waals surface area contributed by atoms with E-state index < -0.39 is 7.44 Å². The number of aliphatic hydroxyl groups is 4. The van der Waals surface area contributed by atoms with Crippen molar-refractivity contribution in [1.29, 1.82) is 0 Å². The van der Waals surface area contributed by atoms with Crippen molar-refractivity contribution >= 4 is 12.7 Å². The summed E-state index contributed by atoms with van der Waals surface area (Å²) in [7, 11) is -3.24. The number of benzene rings is 3. The average molecular weight is 517 g/mol. The molecule has 3 rings (SSSR count). The second kappa shape index (κ2) is 13.0. The lowest BCUT2D eigenvalue weighted by atomic mass is 10.0. The van der Waals surface area contributed by atoms with Gasteiger partial charge in [0.15, 0.2) is 0 Å². The summed E-state index contributed by atoms with van der Waals surface area (Å²) in [6.45, 7) is -0.811. The molecule has 3 aromatic rings. The molecule has 0 atom stereocenters. The van der Waals surface area contributed by atoms with Crippen LogP contribution in [0.25, 0.3) is 0 Å². The molecule has 36 heavy (non-hydrogen) atoms. The first-order valence-corrected chi connectivity index (χ1v) is 13.3. The fraction of sp³-hybridized carbons (Fsp3) is 0.308. The summed E-state index contributed by atoms with van der Waals surface area (Å²) >= 11 is 0. The molecule has 0 aliphatic rings. The van der Waals surface area contributed by atoms with Crippen molar-refractivity contribution in [2.75, 3.05) is 13.1 Å². The molecule has 0 saturated heterocycles. The topological polar surface area (TPSA) is 163 Å². The Bertz CT molecular complexity index is 1080. The minimum Gasteiger partial charge on any atom is -0.507 e. The summed E-state index contributed by atoms with van der Waals surface area (Å²) in [6.07, 6.45) is 0.882. The molecular weight excluding hydrogens is 483 g/mol. The highest BCUT2D eigenvalue weighted by Crippen LogP contribution is 2.35. The molecule has 0 aliphatic heterocycles. The zero-order valence-corrected chi connectivity index (χ0v) is 20.8. The maximum atomic E-state index is 13.9. The zero-order chi connectivity index (χ0) is 26.1. The molecule has 8 N–H and O–H groups in total. The molecule has 9 nitrogen and oxygen atoms in total. The zero-order valence-electron chi connectivity index (χ0n) is 19.9. The summed E-state index contributed by atoms with van der Waals surface area (Å²) in [4.78, 5) is 0. The van der Waals surface area contributed by atoms with Crippen LogP contribution in [0, 0.1) is 0 Å². The Labute approximate surface area is 210 Å². The predicted molar refractivity (Wildman–Crippen MR) is 137 cm³/mol. The Morgan fingerprint density at radius 1 is 0.611 bits per heavy atom. The van der Waals surface area contributed by atoms with E-state index in [0.29, 0.717) is 53.5 Å². The SMILES string of the molecule is O=P(NCCc1cc(CO)c(O)c(CO)c1)(NCCc1cc(CO)c(O)c(CO)c1)c1ccccc1. The summed E-state index contributed by atoms with van der Waals surface area (Å²) < 4.78 is 13.9. The largest absolute Gasteiger partial charge is 0.507 e. The molecule has 0 radical (unpaired) electrons. The molecular formula is C26H33N2O7P. The van der Waals surface area contributed by atoms with Crippen LogP contribution in [0.5, 0.6) is 11.5 Å². The van der Waals surface area contributed by atoms with Crippen molar-refractivity contribution < 1.29 is 35.2 Å². The first-order chi connectivity index (χ1) is 17.3. The van der Waals surface area contributed by atoms with Gasteiger partial charge >= 0.3 is 0 Å². The molecule has 0 unspecified atom stereocenters. The number of hydrogen-bond acceptors (Lipinski definition) is 7. The number of aliphatic hydroxyl groups excluding tert-OH is 4. The quantitative estimate of drug-likeness (QED) is 0.158. The van der Waals surface area contributed by atoms with Crippen molar-refractivity contribution in [2.24, 2.45) is 0 Å². The lowest BCUT2D eigenvalue weighted by Crippen LogP contribution is -2.32. The summed E-state index contributed by atoms with van der Waals surface area (Å²) in [6, 6.07) is 15.6. The minimum absolute atomic E-state index is 0.128. The van der Waals surface area contributed by atoms with Crippen molar-refractivity contribution in [2.45, 2.75) is 39.3 Å². The normalized spacial score (nSPS) is 11.7. The maximum Gasteiger partial charge on any atom is 0.240 e. The molecule has 0 amide bonds. The molecule has 0 saturated carbocycles. The van der Waals surface area contributed by atoms with Crippen LogP contribution in [0.4, 0.5) is 0 Å². The van der Waals surface area contributed by atoms with E-state index in [9.17, 15) is 35.2 Å². The Balaban J connectivity index is 1.73. The summed E-state index contributed by atoms with van der Waals surface area (Å²) in [5, 5.41) is 64.9. The van der Waals surface area contributed by atoms with Crippen molar-refractivity contribution in [3.8, 4) is 11.5 Å². The van der Waals surface area contributed by atoms with Gasteiger partial charge in [-0.15, -0.1) is 0 Å². The lowest BCUT2D eigenvalue weighted by molar-refractivity contribution is 0.263. The fourth-order valence-corrected chi connectivity index (χ4v) is 5.95. The first kappa shape index (κ1) is 27.8.